The molecular weight excluding hydrogens is 320 g/mol. The van der Waals surface area contributed by atoms with Crippen molar-refractivity contribution in [2.45, 2.75) is 6.92 Å². The molecule has 0 aliphatic rings. The van der Waals surface area contributed by atoms with Gasteiger partial charge in [0.05, 0.1) is 30.1 Å². The maximum Gasteiger partial charge on any atom is 0.338 e. The highest BCUT2D eigenvalue weighted by atomic mass is 16.5. The number of esters is 1. The number of benzene rings is 2. The van der Waals surface area contributed by atoms with Gasteiger partial charge in [-0.25, -0.2) is 4.79 Å². The Bertz CT molecular complexity index is 881. The highest BCUT2D eigenvalue weighted by Gasteiger charge is 2.16. The minimum atomic E-state index is -1.74. The Labute approximate surface area is 134 Å². The number of carbonyl (C=O) groups is 4. The summed E-state index contributed by atoms with van der Waals surface area (Å²) in [6, 6.07) is 3.70. The Morgan fingerprint density at radius 2 is 1.25 bits per heavy atom. The van der Waals surface area contributed by atoms with Gasteiger partial charge in [-0.2, -0.15) is 0 Å². The molecule has 0 amide bonds. The number of carboxylic acid groups (broad SMARTS) is 3. The maximum absolute atomic E-state index is 11.8. The minimum Gasteiger partial charge on any atom is -0.545 e. The molecule has 0 atom stereocenters. The predicted molar refractivity (Wildman–Crippen MR) is 72.9 cm³/mol. The van der Waals surface area contributed by atoms with Crippen LogP contribution in [0.3, 0.4) is 0 Å². The Balaban J connectivity index is 2.92. The van der Waals surface area contributed by atoms with Crippen LogP contribution in [0.25, 0.3) is 10.8 Å². The Kier molecular flexibility index (Phi) is 4.50. The zero-order valence-electron chi connectivity index (χ0n) is 12.3. The van der Waals surface area contributed by atoms with Crippen molar-refractivity contribution in [2.75, 3.05) is 6.61 Å². The number of ether oxygens (including phenoxy) is 1. The largest absolute Gasteiger partial charge is 0.545 e. The number of aromatic carboxylic acids is 3. The smallest absolute Gasteiger partial charge is 0.338 e. The number of carboxylic acids is 3. The summed E-state index contributed by atoms with van der Waals surface area (Å²) in [5.41, 5.74) is -1.91. The molecule has 8 heteroatoms. The monoisotopic (exact) mass is 329 g/mol. The highest BCUT2D eigenvalue weighted by Crippen LogP contribution is 2.26. The second-order valence-electron chi connectivity index (χ2n) is 4.73. The lowest BCUT2D eigenvalue weighted by atomic mass is 9.94. The van der Waals surface area contributed by atoms with Crippen LogP contribution in [0.4, 0.5) is 0 Å². The standard InChI is InChI=1S/C16H12O8/c1-2-24-16(23)8-5-10-9(12(6-8)15(21)22)3-7(13(17)18)4-11(10)14(19)20/h3-6H,2H2,1H3,(H,17,18)(H,19,20)(H,21,22)/p-3. The van der Waals surface area contributed by atoms with Gasteiger partial charge >= 0.3 is 5.97 Å². The van der Waals surface area contributed by atoms with Gasteiger partial charge in [0, 0.05) is 11.1 Å². The first-order valence-electron chi connectivity index (χ1n) is 6.69. The van der Waals surface area contributed by atoms with E-state index in [9.17, 15) is 34.5 Å². The Hall–Kier alpha value is -3.42. The molecule has 0 N–H and O–H groups in total. The third kappa shape index (κ3) is 3.02. The van der Waals surface area contributed by atoms with Crippen LogP contribution in [-0.2, 0) is 4.74 Å². The van der Waals surface area contributed by atoms with E-state index in [0.717, 1.165) is 24.3 Å². The molecule has 0 fully saturated rings. The number of fused-ring (bicyclic) bond motifs is 1. The van der Waals surface area contributed by atoms with Crippen LogP contribution in [0.2, 0.25) is 0 Å². The second kappa shape index (κ2) is 6.37. The first-order chi connectivity index (χ1) is 11.3. The summed E-state index contributed by atoms with van der Waals surface area (Å²) in [6.45, 7) is 1.56. The van der Waals surface area contributed by atoms with Crippen LogP contribution >= 0.6 is 0 Å². The lowest BCUT2D eigenvalue weighted by Gasteiger charge is -2.16. The topological polar surface area (TPSA) is 147 Å². The van der Waals surface area contributed by atoms with Crippen LogP contribution in [-0.4, -0.2) is 30.5 Å². The van der Waals surface area contributed by atoms with E-state index < -0.39 is 40.6 Å². The average molecular weight is 329 g/mol. The Morgan fingerprint density at radius 3 is 1.67 bits per heavy atom. The lowest BCUT2D eigenvalue weighted by molar-refractivity contribution is -0.256. The van der Waals surface area contributed by atoms with E-state index in [-0.39, 0.29) is 22.9 Å². The number of hydrogen-bond acceptors (Lipinski definition) is 8. The van der Waals surface area contributed by atoms with E-state index in [1.807, 2.05) is 0 Å². The Morgan fingerprint density at radius 1 is 0.792 bits per heavy atom. The second-order valence-corrected chi connectivity index (χ2v) is 4.73. The van der Waals surface area contributed by atoms with E-state index in [1.165, 1.54) is 6.92 Å². The normalized spacial score (nSPS) is 10.4. The van der Waals surface area contributed by atoms with Crippen molar-refractivity contribution in [3.63, 3.8) is 0 Å². The van der Waals surface area contributed by atoms with E-state index in [1.54, 1.807) is 0 Å². The molecule has 0 bridgehead atoms. The molecule has 124 valence electrons. The van der Waals surface area contributed by atoms with E-state index in [2.05, 4.69) is 0 Å². The van der Waals surface area contributed by atoms with Crippen molar-refractivity contribution in [1.29, 1.82) is 0 Å². The van der Waals surface area contributed by atoms with Crippen molar-refractivity contribution in [3.05, 3.63) is 46.5 Å². The van der Waals surface area contributed by atoms with Crippen molar-refractivity contribution in [1.82, 2.24) is 0 Å². The van der Waals surface area contributed by atoms with Crippen LogP contribution in [0.5, 0.6) is 0 Å². The van der Waals surface area contributed by atoms with Gasteiger partial charge in [0.2, 0.25) is 0 Å². The molecule has 0 saturated carbocycles. The molecule has 0 saturated heterocycles. The SMILES string of the molecule is CCOC(=O)c1cc(C(=O)[O-])c2cc(C(=O)[O-])cc(C(=O)[O-])c2c1. The van der Waals surface area contributed by atoms with Gasteiger partial charge in [0.1, 0.15) is 0 Å². The van der Waals surface area contributed by atoms with Gasteiger partial charge in [-0.3, -0.25) is 0 Å². The molecule has 0 aliphatic carbocycles. The van der Waals surface area contributed by atoms with E-state index in [0.29, 0.717) is 0 Å². The van der Waals surface area contributed by atoms with Gasteiger partial charge in [0.15, 0.2) is 0 Å². The minimum absolute atomic E-state index is 0.0223. The summed E-state index contributed by atoms with van der Waals surface area (Å²) in [5, 5.41) is 33.2. The average Bonchev–Trinajstić information content (AvgIpc) is 2.52. The molecule has 8 nitrogen and oxygen atoms in total. The number of rotatable bonds is 5. The maximum atomic E-state index is 11.8. The fraction of sp³-hybridized carbons (Fsp3) is 0.125. The number of hydrogen-bond donors (Lipinski definition) is 0. The van der Waals surface area contributed by atoms with E-state index >= 15 is 0 Å². The fourth-order valence-electron chi connectivity index (χ4n) is 2.25. The first kappa shape index (κ1) is 16.9. The summed E-state index contributed by atoms with van der Waals surface area (Å²) in [5.74, 6) is -6.02. The summed E-state index contributed by atoms with van der Waals surface area (Å²) >= 11 is 0. The van der Waals surface area contributed by atoms with Gasteiger partial charge in [-0.05, 0) is 47.5 Å². The zero-order valence-corrected chi connectivity index (χ0v) is 12.3. The lowest BCUT2D eigenvalue weighted by Crippen LogP contribution is -2.27. The third-order valence-corrected chi connectivity index (χ3v) is 3.26. The van der Waals surface area contributed by atoms with Crippen molar-refractivity contribution in [3.8, 4) is 0 Å². The van der Waals surface area contributed by atoms with Gasteiger partial charge < -0.3 is 34.4 Å². The summed E-state index contributed by atoms with van der Waals surface area (Å²) < 4.78 is 4.75. The zero-order chi connectivity index (χ0) is 18.0. The molecule has 0 unspecified atom stereocenters. The first-order valence-corrected chi connectivity index (χ1v) is 6.69. The molecular formula is C16H9O8-3. The summed E-state index contributed by atoms with van der Waals surface area (Å²) in [7, 11) is 0. The molecule has 2 aromatic carbocycles. The molecule has 0 spiro atoms. The molecule has 0 aromatic heterocycles. The van der Waals surface area contributed by atoms with Crippen LogP contribution in [0.15, 0.2) is 24.3 Å². The molecule has 0 aliphatic heterocycles. The van der Waals surface area contributed by atoms with Gasteiger partial charge in [0.25, 0.3) is 0 Å². The molecule has 24 heavy (non-hydrogen) atoms. The predicted octanol–water partition coefficient (Wildman–Crippen LogP) is -1.89. The third-order valence-electron chi connectivity index (χ3n) is 3.26. The summed E-state index contributed by atoms with van der Waals surface area (Å²) in [6.07, 6.45) is 0. The summed E-state index contributed by atoms with van der Waals surface area (Å²) in [4.78, 5) is 45.4. The molecule has 2 aromatic rings. The van der Waals surface area contributed by atoms with Crippen LogP contribution in [0.1, 0.15) is 48.4 Å². The van der Waals surface area contributed by atoms with Crippen molar-refractivity contribution >= 4 is 34.6 Å². The van der Waals surface area contributed by atoms with E-state index in [4.69, 9.17) is 4.74 Å². The fourth-order valence-corrected chi connectivity index (χ4v) is 2.25. The van der Waals surface area contributed by atoms with Crippen LogP contribution < -0.4 is 15.3 Å². The molecule has 0 radical (unpaired) electrons. The van der Waals surface area contributed by atoms with Gasteiger partial charge in [-0.1, -0.05) is 0 Å². The quantitative estimate of drug-likeness (QED) is 0.578. The highest BCUT2D eigenvalue weighted by molar-refractivity contribution is 6.14. The number of carbonyl (C=O) groups excluding carboxylic acids is 4. The van der Waals surface area contributed by atoms with Crippen molar-refractivity contribution < 1.29 is 39.2 Å². The molecule has 0 heterocycles. The van der Waals surface area contributed by atoms with Crippen molar-refractivity contribution in [2.24, 2.45) is 0 Å². The molecule has 2 rings (SSSR count). The van der Waals surface area contributed by atoms with Crippen LogP contribution in [0, 0.1) is 0 Å². The van der Waals surface area contributed by atoms with Gasteiger partial charge in [-0.15, -0.1) is 0 Å².